The molecule has 0 aromatic carbocycles. The third kappa shape index (κ3) is 2.64. The summed E-state index contributed by atoms with van der Waals surface area (Å²) in [5, 5.41) is 9.58. The lowest BCUT2D eigenvalue weighted by Crippen LogP contribution is -2.25. The quantitative estimate of drug-likeness (QED) is 0.763. The van der Waals surface area contributed by atoms with Crippen molar-refractivity contribution in [3.63, 3.8) is 0 Å². The number of thiophene rings is 1. The molecule has 0 spiro atoms. The van der Waals surface area contributed by atoms with Crippen molar-refractivity contribution in [3.05, 3.63) is 47.0 Å². The van der Waals surface area contributed by atoms with Crippen molar-refractivity contribution >= 4 is 43.0 Å². The predicted octanol–water partition coefficient (Wildman–Crippen LogP) is 3.50. The fourth-order valence-corrected chi connectivity index (χ4v) is 4.40. The normalized spacial score (nSPS) is 19.9. The molecule has 0 saturated carbocycles. The van der Waals surface area contributed by atoms with E-state index in [1.165, 1.54) is 16.0 Å². The van der Waals surface area contributed by atoms with Gasteiger partial charge in [-0.25, -0.2) is 4.98 Å². The number of pyridine rings is 1. The van der Waals surface area contributed by atoms with Crippen LogP contribution in [-0.4, -0.2) is 34.5 Å². The van der Waals surface area contributed by atoms with E-state index >= 15 is 0 Å². The van der Waals surface area contributed by atoms with E-state index in [9.17, 15) is 4.79 Å². The molecule has 1 aliphatic rings. The Morgan fingerprint density at radius 3 is 3.00 bits per heavy atom. The van der Waals surface area contributed by atoms with Crippen molar-refractivity contribution in [1.29, 1.82) is 0 Å². The summed E-state index contributed by atoms with van der Waals surface area (Å²) >= 11 is 1.41. The second-order valence-electron chi connectivity index (χ2n) is 6.29. The number of rotatable bonds is 4. The molecule has 3 aromatic rings. The van der Waals surface area contributed by atoms with Gasteiger partial charge in [0.25, 0.3) is 5.56 Å². The molecule has 2 unspecified atom stereocenters. The maximum Gasteiger partial charge on any atom is 0.289 e. The summed E-state index contributed by atoms with van der Waals surface area (Å²) in [6, 6.07) is 1.93. The molecule has 0 aliphatic heterocycles. The highest BCUT2D eigenvalue weighted by Crippen LogP contribution is 2.35. The van der Waals surface area contributed by atoms with Crippen molar-refractivity contribution in [1.82, 2.24) is 14.8 Å². The first-order chi connectivity index (χ1) is 12.6. The van der Waals surface area contributed by atoms with Crippen molar-refractivity contribution in [2.24, 2.45) is 5.92 Å². The average Bonchev–Trinajstić information content (AvgIpc) is 3.03. The van der Waals surface area contributed by atoms with E-state index in [2.05, 4.69) is 22.3 Å². The van der Waals surface area contributed by atoms with Gasteiger partial charge < -0.3 is 10.1 Å². The zero-order valence-electron chi connectivity index (χ0n) is 14.9. The highest BCUT2D eigenvalue weighted by Gasteiger charge is 2.20. The zero-order valence-corrected chi connectivity index (χ0v) is 15.7. The maximum absolute atomic E-state index is 13.1. The molecule has 1 aliphatic carbocycles. The Kier molecular flexibility index (Phi) is 4.34. The van der Waals surface area contributed by atoms with Gasteiger partial charge >= 0.3 is 0 Å². The predicted molar refractivity (Wildman–Crippen MR) is 107 cm³/mol. The van der Waals surface area contributed by atoms with Crippen LogP contribution in [0.2, 0.25) is 0 Å². The minimum Gasteiger partial charge on any atom is -0.385 e. The molecule has 0 amide bonds. The van der Waals surface area contributed by atoms with E-state index in [1.807, 2.05) is 31.2 Å². The number of allylic oxidation sites excluding steroid dienone is 2. The first kappa shape index (κ1) is 16.9. The fraction of sp³-hybridized carbons (Fsp3) is 0.316. The van der Waals surface area contributed by atoms with Crippen LogP contribution in [0.5, 0.6) is 0 Å². The van der Waals surface area contributed by atoms with Gasteiger partial charge in [0, 0.05) is 42.2 Å². The van der Waals surface area contributed by atoms with Gasteiger partial charge in [-0.2, -0.15) is 9.78 Å². The molecular weight excluding hydrogens is 348 g/mol. The standard InChI is InChI=1S/C19H20N4O2S/c1-4-20-14-7-8-21-18-16(14)13-10-22-23(19(24)17(13)26-18)12-5-6-15(25-3)11(2)9-12/h5-11,15H,4H2,1-3H3,(H,20,21). The molecule has 26 heavy (non-hydrogen) atoms. The monoisotopic (exact) mass is 368 g/mol. The molecule has 0 radical (unpaired) electrons. The molecule has 0 bridgehead atoms. The molecule has 2 atom stereocenters. The summed E-state index contributed by atoms with van der Waals surface area (Å²) in [6.45, 7) is 4.91. The third-order valence-electron chi connectivity index (χ3n) is 4.61. The molecule has 134 valence electrons. The Bertz CT molecular complexity index is 1100. The van der Waals surface area contributed by atoms with Gasteiger partial charge in [-0.15, -0.1) is 11.3 Å². The molecule has 3 heterocycles. The van der Waals surface area contributed by atoms with Gasteiger partial charge in [0.2, 0.25) is 0 Å². The van der Waals surface area contributed by atoms with Crippen LogP contribution in [0.1, 0.15) is 13.8 Å². The van der Waals surface area contributed by atoms with Crippen molar-refractivity contribution in [3.8, 4) is 0 Å². The molecule has 3 aromatic heterocycles. The van der Waals surface area contributed by atoms with E-state index in [0.717, 1.165) is 33.5 Å². The number of hydrogen-bond acceptors (Lipinski definition) is 6. The molecule has 0 saturated heterocycles. The topological polar surface area (TPSA) is 69.0 Å². The van der Waals surface area contributed by atoms with Crippen LogP contribution in [0.3, 0.4) is 0 Å². The lowest BCUT2D eigenvalue weighted by Gasteiger charge is -2.21. The number of nitrogens with one attached hydrogen (secondary N) is 1. The average molecular weight is 368 g/mol. The summed E-state index contributed by atoms with van der Waals surface area (Å²) in [5.74, 6) is 0.175. The Morgan fingerprint density at radius 1 is 1.42 bits per heavy atom. The first-order valence-corrected chi connectivity index (χ1v) is 9.42. The van der Waals surface area contributed by atoms with E-state index in [-0.39, 0.29) is 17.6 Å². The van der Waals surface area contributed by atoms with Gasteiger partial charge in [-0.05, 0) is 19.1 Å². The van der Waals surface area contributed by atoms with Crippen molar-refractivity contribution in [2.75, 3.05) is 19.0 Å². The molecule has 1 N–H and O–H groups in total. The Morgan fingerprint density at radius 2 is 2.27 bits per heavy atom. The van der Waals surface area contributed by atoms with Crippen LogP contribution >= 0.6 is 11.3 Å². The summed E-state index contributed by atoms with van der Waals surface area (Å²) in [7, 11) is 1.69. The zero-order chi connectivity index (χ0) is 18.3. The minimum atomic E-state index is -0.119. The van der Waals surface area contributed by atoms with E-state index in [1.54, 1.807) is 19.5 Å². The van der Waals surface area contributed by atoms with Crippen LogP contribution in [-0.2, 0) is 4.74 Å². The number of anilines is 1. The lowest BCUT2D eigenvalue weighted by atomic mass is 9.98. The summed E-state index contributed by atoms with van der Waals surface area (Å²) < 4.78 is 7.54. The second-order valence-corrected chi connectivity index (χ2v) is 7.28. The Balaban J connectivity index is 1.89. The lowest BCUT2D eigenvalue weighted by molar-refractivity contribution is 0.112. The van der Waals surface area contributed by atoms with Gasteiger partial charge in [0.1, 0.15) is 9.53 Å². The number of hydrogen-bond donors (Lipinski definition) is 1. The van der Waals surface area contributed by atoms with Crippen LogP contribution in [0.4, 0.5) is 5.69 Å². The first-order valence-electron chi connectivity index (χ1n) is 8.60. The number of aromatic nitrogens is 3. The molecule has 6 nitrogen and oxygen atoms in total. The minimum absolute atomic E-state index is 0.0226. The highest BCUT2D eigenvalue weighted by atomic mass is 32.1. The number of fused-ring (bicyclic) bond motifs is 3. The van der Waals surface area contributed by atoms with Gasteiger partial charge in [0.05, 0.1) is 18.0 Å². The van der Waals surface area contributed by atoms with Gasteiger partial charge in [-0.3, -0.25) is 4.79 Å². The van der Waals surface area contributed by atoms with E-state index in [0.29, 0.717) is 4.70 Å². The van der Waals surface area contributed by atoms with Crippen LogP contribution in [0.15, 0.2) is 41.5 Å². The maximum atomic E-state index is 13.1. The largest absolute Gasteiger partial charge is 0.385 e. The number of ether oxygens (including phenoxy) is 1. The van der Waals surface area contributed by atoms with E-state index in [4.69, 9.17) is 4.74 Å². The van der Waals surface area contributed by atoms with Crippen LogP contribution in [0, 0.1) is 5.92 Å². The van der Waals surface area contributed by atoms with Gasteiger partial charge in [0.15, 0.2) is 0 Å². The smallest absolute Gasteiger partial charge is 0.289 e. The van der Waals surface area contributed by atoms with Crippen molar-refractivity contribution in [2.45, 2.75) is 20.0 Å². The Hall–Kier alpha value is -2.51. The van der Waals surface area contributed by atoms with E-state index < -0.39 is 0 Å². The highest BCUT2D eigenvalue weighted by molar-refractivity contribution is 7.25. The summed E-state index contributed by atoms with van der Waals surface area (Å²) in [5.41, 5.74) is 1.64. The summed E-state index contributed by atoms with van der Waals surface area (Å²) in [4.78, 5) is 18.4. The molecular formula is C19H20N4O2S. The number of methoxy groups -OCH3 is 1. The van der Waals surface area contributed by atoms with Crippen LogP contribution < -0.4 is 10.9 Å². The second kappa shape index (κ2) is 6.66. The Labute approximate surface area is 154 Å². The molecule has 0 fully saturated rings. The summed E-state index contributed by atoms with van der Waals surface area (Å²) in [6.07, 6.45) is 9.43. The molecule has 7 heteroatoms. The molecule has 4 rings (SSSR count). The van der Waals surface area contributed by atoms with Crippen molar-refractivity contribution < 1.29 is 4.74 Å². The number of nitrogens with zero attached hydrogens (tertiary/aromatic N) is 3. The van der Waals surface area contributed by atoms with Crippen LogP contribution in [0.25, 0.3) is 26.0 Å². The third-order valence-corrected chi connectivity index (χ3v) is 5.71. The fourth-order valence-electron chi connectivity index (χ4n) is 3.34. The SMILES string of the molecule is CCNc1ccnc2sc3c(=O)n(C4=CC(C)C(OC)C=C4)ncc3c12. The van der Waals surface area contributed by atoms with Gasteiger partial charge in [-0.1, -0.05) is 19.1 Å².